The number of benzene rings is 2. The van der Waals surface area contributed by atoms with Crippen LogP contribution in [0.25, 0.3) is 6.08 Å². The SMILES string of the molecule is COc1ccccc1/C=C/C1(C(=O)NC2CCCCC2)CC(=O)N1c1ccc(C(C)C)cc1. The predicted molar refractivity (Wildman–Crippen MR) is 132 cm³/mol. The Bertz CT molecular complexity index is 1020. The molecule has 5 heteroatoms. The smallest absolute Gasteiger partial charge is 0.251 e. The number of β-lactam (4-membered cyclic amide) rings is 1. The van der Waals surface area contributed by atoms with Crippen LogP contribution in [0.4, 0.5) is 5.69 Å². The van der Waals surface area contributed by atoms with Crippen molar-refractivity contribution in [3.05, 3.63) is 65.7 Å². The van der Waals surface area contributed by atoms with E-state index in [2.05, 4.69) is 19.2 Å². The first-order chi connectivity index (χ1) is 15.9. The maximum Gasteiger partial charge on any atom is 0.251 e. The van der Waals surface area contributed by atoms with Gasteiger partial charge in [-0.2, -0.15) is 0 Å². The van der Waals surface area contributed by atoms with E-state index in [0.717, 1.165) is 42.7 Å². The minimum atomic E-state index is -1.05. The Labute approximate surface area is 196 Å². The summed E-state index contributed by atoms with van der Waals surface area (Å²) in [5.74, 6) is 0.981. The molecule has 1 aliphatic heterocycles. The second-order valence-corrected chi connectivity index (χ2v) is 9.46. The van der Waals surface area contributed by atoms with Gasteiger partial charge in [0.25, 0.3) is 5.91 Å². The first-order valence-corrected chi connectivity index (χ1v) is 12.0. The number of anilines is 1. The molecule has 1 saturated carbocycles. The van der Waals surface area contributed by atoms with Crippen LogP contribution >= 0.6 is 0 Å². The highest BCUT2D eigenvalue weighted by atomic mass is 16.5. The Hall–Kier alpha value is -3.08. The fourth-order valence-corrected chi connectivity index (χ4v) is 4.88. The average Bonchev–Trinajstić information content (AvgIpc) is 2.82. The molecule has 2 amide bonds. The van der Waals surface area contributed by atoms with Crippen LogP contribution in [0.2, 0.25) is 0 Å². The second-order valence-electron chi connectivity index (χ2n) is 9.46. The van der Waals surface area contributed by atoms with Crippen LogP contribution in [0.15, 0.2) is 54.6 Å². The van der Waals surface area contributed by atoms with Crippen molar-refractivity contribution in [1.82, 2.24) is 5.32 Å². The predicted octanol–water partition coefficient (Wildman–Crippen LogP) is 5.46. The van der Waals surface area contributed by atoms with Gasteiger partial charge in [-0.15, -0.1) is 0 Å². The summed E-state index contributed by atoms with van der Waals surface area (Å²) in [6.07, 6.45) is 9.41. The molecule has 2 aromatic carbocycles. The molecule has 174 valence electrons. The number of para-hydroxylation sites is 1. The highest BCUT2D eigenvalue weighted by molar-refractivity contribution is 6.15. The van der Waals surface area contributed by atoms with Crippen molar-refractivity contribution >= 4 is 23.6 Å². The van der Waals surface area contributed by atoms with Crippen molar-refractivity contribution < 1.29 is 14.3 Å². The van der Waals surface area contributed by atoms with Crippen molar-refractivity contribution in [1.29, 1.82) is 0 Å². The van der Waals surface area contributed by atoms with E-state index < -0.39 is 5.54 Å². The molecule has 2 aliphatic rings. The number of nitrogens with zero attached hydrogens (tertiary/aromatic N) is 1. The molecular formula is C28H34N2O3. The van der Waals surface area contributed by atoms with Crippen molar-refractivity contribution in [2.24, 2.45) is 0 Å². The molecule has 33 heavy (non-hydrogen) atoms. The van der Waals surface area contributed by atoms with E-state index in [4.69, 9.17) is 4.74 Å². The van der Waals surface area contributed by atoms with E-state index in [-0.39, 0.29) is 24.3 Å². The van der Waals surface area contributed by atoms with Gasteiger partial charge in [0.15, 0.2) is 5.54 Å². The van der Waals surface area contributed by atoms with Crippen molar-refractivity contribution in [2.75, 3.05) is 12.0 Å². The van der Waals surface area contributed by atoms with E-state index in [1.807, 2.05) is 60.7 Å². The number of hydrogen-bond acceptors (Lipinski definition) is 3. The summed E-state index contributed by atoms with van der Waals surface area (Å²) >= 11 is 0. The minimum Gasteiger partial charge on any atom is -0.496 e. The monoisotopic (exact) mass is 446 g/mol. The van der Waals surface area contributed by atoms with Gasteiger partial charge in [0, 0.05) is 17.3 Å². The van der Waals surface area contributed by atoms with Gasteiger partial charge >= 0.3 is 0 Å². The zero-order valence-electron chi connectivity index (χ0n) is 19.8. The lowest BCUT2D eigenvalue weighted by Gasteiger charge is -2.49. The summed E-state index contributed by atoms with van der Waals surface area (Å²) in [6.45, 7) is 4.28. The molecule has 1 heterocycles. The van der Waals surface area contributed by atoms with Crippen LogP contribution in [0.5, 0.6) is 5.75 Å². The topological polar surface area (TPSA) is 58.6 Å². The highest BCUT2D eigenvalue weighted by Gasteiger charge is 2.56. The van der Waals surface area contributed by atoms with Gasteiger partial charge in [-0.25, -0.2) is 0 Å². The summed E-state index contributed by atoms with van der Waals surface area (Å²) in [6, 6.07) is 15.8. The van der Waals surface area contributed by atoms with Crippen LogP contribution in [0.1, 0.15) is 69.4 Å². The molecule has 2 fully saturated rings. The van der Waals surface area contributed by atoms with E-state index in [0.29, 0.717) is 5.92 Å². The van der Waals surface area contributed by atoms with Gasteiger partial charge in [-0.05, 0) is 48.6 Å². The third kappa shape index (κ3) is 4.68. The van der Waals surface area contributed by atoms with Gasteiger partial charge in [0.2, 0.25) is 5.91 Å². The Morgan fingerprint density at radius 2 is 1.79 bits per heavy atom. The highest BCUT2D eigenvalue weighted by Crippen LogP contribution is 2.40. The quantitative estimate of drug-likeness (QED) is 0.575. The minimum absolute atomic E-state index is 0.0456. The molecule has 0 bridgehead atoms. The molecule has 1 N–H and O–H groups in total. The average molecular weight is 447 g/mol. The number of ether oxygens (including phenoxy) is 1. The maximum absolute atomic E-state index is 13.7. The second kappa shape index (κ2) is 9.82. The lowest BCUT2D eigenvalue weighted by Crippen LogP contribution is -2.70. The van der Waals surface area contributed by atoms with Crippen LogP contribution < -0.4 is 15.0 Å². The van der Waals surface area contributed by atoms with Crippen LogP contribution in [-0.2, 0) is 9.59 Å². The van der Waals surface area contributed by atoms with Gasteiger partial charge in [-0.3, -0.25) is 14.5 Å². The fraction of sp³-hybridized carbons (Fsp3) is 0.429. The van der Waals surface area contributed by atoms with E-state index in [9.17, 15) is 9.59 Å². The molecule has 0 radical (unpaired) electrons. The standard InChI is InChI=1S/C28H34N2O3/c1-20(2)21-13-15-24(16-14-21)30-26(31)19-28(30,27(32)29-23-10-5-4-6-11-23)18-17-22-9-7-8-12-25(22)33-3/h7-9,12-18,20,23H,4-6,10-11,19H2,1-3H3,(H,29,32)/b18-17+. The Balaban J connectivity index is 1.69. The van der Waals surface area contributed by atoms with E-state index in [1.54, 1.807) is 12.0 Å². The number of nitrogens with one attached hydrogen (secondary N) is 1. The third-order valence-electron chi connectivity index (χ3n) is 6.90. The van der Waals surface area contributed by atoms with Crippen molar-refractivity contribution in [3.63, 3.8) is 0 Å². The molecular weight excluding hydrogens is 412 g/mol. The zero-order valence-corrected chi connectivity index (χ0v) is 19.8. The fourth-order valence-electron chi connectivity index (χ4n) is 4.88. The largest absolute Gasteiger partial charge is 0.496 e. The van der Waals surface area contributed by atoms with Gasteiger partial charge < -0.3 is 10.1 Å². The number of methoxy groups -OCH3 is 1. The Morgan fingerprint density at radius 3 is 2.42 bits per heavy atom. The number of carbonyl (C=O) groups excluding carboxylic acids is 2. The van der Waals surface area contributed by atoms with Crippen molar-refractivity contribution in [2.45, 2.75) is 69.9 Å². The molecule has 1 unspecified atom stereocenters. The van der Waals surface area contributed by atoms with Crippen LogP contribution in [-0.4, -0.2) is 30.5 Å². The molecule has 2 aromatic rings. The molecule has 5 nitrogen and oxygen atoms in total. The van der Waals surface area contributed by atoms with E-state index in [1.165, 1.54) is 12.0 Å². The maximum atomic E-state index is 13.7. The summed E-state index contributed by atoms with van der Waals surface area (Å²) in [5, 5.41) is 3.26. The van der Waals surface area contributed by atoms with Crippen LogP contribution in [0, 0.1) is 0 Å². The van der Waals surface area contributed by atoms with Crippen LogP contribution in [0.3, 0.4) is 0 Å². The summed E-state index contributed by atoms with van der Waals surface area (Å²) in [4.78, 5) is 28.2. The normalized spacial score (nSPS) is 21.3. The number of hydrogen-bond donors (Lipinski definition) is 1. The van der Waals surface area contributed by atoms with E-state index >= 15 is 0 Å². The lowest BCUT2D eigenvalue weighted by atomic mass is 9.80. The van der Waals surface area contributed by atoms with Gasteiger partial charge in [0.05, 0.1) is 13.5 Å². The van der Waals surface area contributed by atoms with Crippen molar-refractivity contribution in [3.8, 4) is 5.75 Å². The Kier molecular flexibility index (Phi) is 6.87. The molecule has 1 aliphatic carbocycles. The summed E-state index contributed by atoms with van der Waals surface area (Å²) in [5.41, 5.74) is 1.78. The zero-order chi connectivity index (χ0) is 23.4. The molecule has 4 rings (SSSR count). The van der Waals surface area contributed by atoms with Gasteiger partial charge in [0.1, 0.15) is 5.75 Å². The molecule has 0 aromatic heterocycles. The number of amides is 2. The lowest BCUT2D eigenvalue weighted by molar-refractivity contribution is -0.137. The molecule has 0 spiro atoms. The van der Waals surface area contributed by atoms with Gasteiger partial charge in [-0.1, -0.05) is 69.5 Å². The first-order valence-electron chi connectivity index (χ1n) is 12.0. The number of carbonyl (C=O) groups is 2. The Morgan fingerprint density at radius 1 is 1.09 bits per heavy atom. The molecule has 1 atom stereocenters. The number of rotatable bonds is 7. The summed E-state index contributed by atoms with van der Waals surface area (Å²) < 4.78 is 5.48. The summed E-state index contributed by atoms with van der Waals surface area (Å²) in [7, 11) is 1.63. The molecule has 1 saturated heterocycles. The first kappa shape index (κ1) is 23.1. The third-order valence-corrected chi connectivity index (χ3v) is 6.90.